The Hall–Kier alpha value is -2.92. The Morgan fingerprint density at radius 2 is 1.97 bits per heavy atom. The summed E-state index contributed by atoms with van der Waals surface area (Å²) >= 11 is 14.7. The maximum absolute atomic E-state index is 13.4. The van der Waals surface area contributed by atoms with Crippen molar-refractivity contribution >= 4 is 75.1 Å². The van der Waals surface area contributed by atoms with Gasteiger partial charge in [-0.05, 0) is 66.3 Å². The van der Waals surface area contributed by atoms with Crippen LogP contribution in [0.3, 0.4) is 0 Å². The van der Waals surface area contributed by atoms with Gasteiger partial charge in [-0.2, -0.15) is 5.10 Å². The number of nitrogens with zero attached hydrogens (tertiary/aromatic N) is 4. The number of hydrazone groups is 1. The second-order valence-electron chi connectivity index (χ2n) is 8.80. The van der Waals surface area contributed by atoms with Crippen LogP contribution in [0.4, 0.5) is 5.13 Å². The third-order valence-electron chi connectivity index (χ3n) is 6.25. The minimum Gasteiger partial charge on any atom is -0.455 e. The van der Waals surface area contributed by atoms with Gasteiger partial charge in [0.15, 0.2) is 10.9 Å². The van der Waals surface area contributed by atoms with Crippen molar-refractivity contribution in [3.8, 4) is 0 Å². The van der Waals surface area contributed by atoms with Crippen molar-refractivity contribution in [2.45, 2.75) is 29.6 Å². The van der Waals surface area contributed by atoms with Crippen LogP contribution in [-0.4, -0.2) is 45.2 Å². The van der Waals surface area contributed by atoms with Crippen molar-refractivity contribution in [2.75, 3.05) is 18.1 Å². The highest BCUT2D eigenvalue weighted by Gasteiger charge is 2.43. The van der Waals surface area contributed by atoms with E-state index < -0.39 is 18.5 Å². The molecule has 0 spiro atoms. The Bertz CT molecular complexity index is 1410. The second-order valence-corrected chi connectivity index (χ2v) is 11.9. The molecule has 2 heterocycles. The normalized spacial score (nSPS) is 19.8. The molecular formula is C26H23Cl2N5O3S2. The number of nitrogen functional groups attached to an aromatic ring is 1. The van der Waals surface area contributed by atoms with Gasteiger partial charge in [-0.1, -0.05) is 70.6 Å². The summed E-state index contributed by atoms with van der Waals surface area (Å²) in [5.74, 6) is -0.932. The van der Waals surface area contributed by atoms with E-state index in [0.29, 0.717) is 19.5 Å². The summed E-state index contributed by atoms with van der Waals surface area (Å²) < 4.78 is 5.85. The molecule has 2 atom stereocenters. The lowest BCUT2D eigenvalue weighted by molar-refractivity contribution is -0.151. The predicted octanol–water partition coefficient (Wildman–Crippen LogP) is 5.89. The number of aromatic nitrogens is 2. The molecule has 8 nitrogen and oxygen atoms in total. The van der Waals surface area contributed by atoms with Gasteiger partial charge in [-0.15, -0.1) is 10.2 Å². The fraction of sp³-hybridized carbons (Fsp3) is 0.269. The molecular weight excluding hydrogens is 565 g/mol. The Morgan fingerprint density at radius 3 is 2.71 bits per heavy atom. The molecule has 2 aromatic carbocycles. The highest BCUT2D eigenvalue weighted by molar-refractivity contribution is 8.01. The summed E-state index contributed by atoms with van der Waals surface area (Å²) in [6, 6.07) is 14.8. The van der Waals surface area contributed by atoms with Gasteiger partial charge in [-0.25, -0.2) is 5.01 Å². The van der Waals surface area contributed by atoms with Crippen LogP contribution in [0, 0.1) is 5.92 Å². The third kappa shape index (κ3) is 6.20. The van der Waals surface area contributed by atoms with E-state index >= 15 is 0 Å². The lowest BCUT2D eigenvalue weighted by Gasteiger charge is -2.29. The van der Waals surface area contributed by atoms with Gasteiger partial charge < -0.3 is 10.5 Å². The second kappa shape index (κ2) is 11.9. The largest absolute Gasteiger partial charge is 0.455 e. The maximum Gasteiger partial charge on any atom is 0.316 e. The van der Waals surface area contributed by atoms with Crippen molar-refractivity contribution < 1.29 is 14.3 Å². The lowest BCUT2D eigenvalue weighted by Crippen LogP contribution is -2.34. The van der Waals surface area contributed by atoms with Crippen LogP contribution < -0.4 is 5.73 Å². The molecule has 2 unspecified atom stereocenters. The van der Waals surface area contributed by atoms with Crippen molar-refractivity contribution in [2.24, 2.45) is 11.0 Å². The first-order chi connectivity index (χ1) is 18.4. The number of halogens is 2. The zero-order valence-electron chi connectivity index (χ0n) is 20.0. The van der Waals surface area contributed by atoms with Gasteiger partial charge in [0.2, 0.25) is 5.13 Å². The van der Waals surface area contributed by atoms with E-state index in [0.717, 1.165) is 53.4 Å². The zero-order valence-corrected chi connectivity index (χ0v) is 23.2. The van der Waals surface area contributed by atoms with E-state index in [-0.39, 0.29) is 17.7 Å². The molecule has 0 radical (unpaired) electrons. The van der Waals surface area contributed by atoms with Crippen molar-refractivity contribution in [1.29, 1.82) is 0 Å². The van der Waals surface area contributed by atoms with Crippen molar-refractivity contribution in [3.63, 3.8) is 0 Å². The summed E-state index contributed by atoms with van der Waals surface area (Å²) in [6.45, 7) is -0.418. The predicted molar refractivity (Wildman–Crippen MR) is 151 cm³/mol. The fourth-order valence-electron chi connectivity index (χ4n) is 4.65. The van der Waals surface area contributed by atoms with Gasteiger partial charge >= 0.3 is 5.97 Å². The molecule has 2 aliphatic rings. The number of benzene rings is 2. The fourth-order valence-corrected chi connectivity index (χ4v) is 6.41. The van der Waals surface area contributed by atoms with Crippen LogP contribution >= 0.6 is 46.3 Å². The molecule has 1 amide bonds. The van der Waals surface area contributed by atoms with Gasteiger partial charge in [0.25, 0.3) is 5.91 Å². The Balaban J connectivity index is 1.36. The third-order valence-corrected chi connectivity index (χ3v) is 8.60. The van der Waals surface area contributed by atoms with Crippen molar-refractivity contribution in [1.82, 2.24) is 15.2 Å². The number of amides is 1. The Labute approximate surface area is 237 Å². The monoisotopic (exact) mass is 587 g/mol. The van der Waals surface area contributed by atoms with E-state index in [1.807, 2.05) is 36.4 Å². The van der Waals surface area contributed by atoms with Crippen LogP contribution in [-0.2, 0) is 14.3 Å². The maximum atomic E-state index is 13.4. The number of esters is 1. The van der Waals surface area contributed by atoms with Gasteiger partial charge in [0.05, 0.1) is 17.5 Å². The van der Waals surface area contributed by atoms with Crippen molar-refractivity contribution in [3.05, 3.63) is 75.3 Å². The first-order valence-corrected chi connectivity index (χ1v) is 14.4. The lowest BCUT2D eigenvalue weighted by atomic mass is 9.77. The van der Waals surface area contributed by atoms with E-state index in [1.54, 1.807) is 12.1 Å². The number of carbonyl (C=O) groups excluding carboxylic acids is 2. The summed E-state index contributed by atoms with van der Waals surface area (Å²) in [5, 5.41) is 15.4. The summed E-state index contributed by atoms with van der Waals surface area (Å²) in [5.41, 5.74) is 9.42. The van der Waals surface area contributed by atoms with E-state index in [4.69, 9.17) is 38.8 Å². The molecule has 5 rings (SSSR count). The first-order valence-electron chi connectivity index (χ1n) is 11.9. The highest BCUT2D eigenvalue weighted by atomic mass is 35.5. The molecule has 38 heavy (non-hydrogen) atoms. The van der Waals surface area contributed by atoms with Gasteiger partial charge in [0, 0.05) is 16.0 Å². The zero-order chi connectivity index (χ0) is 26.6. The molecule has 1 saturated carbocycles. The number of rotatable bonds is 7. The molecule has 1 aromatic heterocycles. The highest BCUT2D eigenvalue weighted by Crippen LogP contribution is 2.44. The molecule has 0 saturated heterocycles. The number of allylic oxidation sites excluding steroid dienone is 1. The minimum absolute atomic E-state index is 0.00775. The number of anilines is 1. The summed E-state index contributed by atoms with van der Waals surface area (Å²) in [7, 11) is 0. The summed E-state index contributed by atoms with van der Waals surface area (Å²) in [4.78, 5) is 25.7. The summed E-state index contributed by atoms with van der Waals surface area (Å²) in [6.07, 6.45) is 4.77. The number of fused-ring (bicyclic) bond motifs is 1. The number of hydrogen-bond acceptors (Lipinski definition) is 9. The molecule has 0 bridgehead atoms. The molecule has 3 aromatic rings. The van der Waals surface area contributed by atoms with Gasteiger partial charge in [-0.3, -0.25) is 9.59 Å². The van der Waals surface area contributed by atoms with E-state index in [9.17, 15) is 9.59 Å². The minimum atomic E-state index is -0.536. The molecule has 1 fully saturated rings. The average Bonchev–Trinajstić information content (AvgIpc) is 3.50. The molecule has 12 heteroatoms. The van der Waals surface area contributed by atoms with Crippen LogP contribution in [0.2, 0.25) is 10.0 Å². The van der Waals surface area contributed by atoms with Crippen LogP contribution in [0.1, 0.15) is 36.4 Å². The quantitative estimate of drug-likeness (QED) is 0.271. The molecule has 2 N–H and O–H groups in total. The number of thioether (sulfide) groups is 1. The Morgan fingerprint density at radius 1 is 1.16 bits per heavy atom. The molecule has 1 aliphatic heterocycles. The standard InChI is InChI=1S/C26H23Cl2N5O3S2/c27-18-9-7-16(8-10-18)24-20-6-2-4-17(11-15-3-1-5-19(28)12-15)23(20)32-33(24)21(34)13-36-22(35)14-37-26-31-30-25(29)38-26/h1,3,5,7-12,20,24H,2,4,6,13-14H2,(H2,29,30). The molecule has 196 valence electrons. The number of ether oxygens (including phenoxy) is 1. The van der Waals surface area contributed by atoms with E-state index in [2.05, 4.69) is 16.3 Å². The smallest absolute Gasteiger partial charge is 0.316 e. The van der Waals surface area contributed by atoms with E-state index in [1.165, 1.54) is 16.3 Å². The molecule has 1 aliphatic carbocycles. The first kappa shape index (κ1) is 26.7. The van der Waals surface area contributed by atoms with Gasteiger partial charge in [0.1, 0.15) is 0 Å². The van der Waals surface area contributed by atoms with Crippen LogP contribution in [0.25, 0.3) is 6.08 Å². The number of carbonyl (C=O) groups is 2. The van der Waals surface area contributed by atoms with Crippen LogP contribution in [0.15, 0.2) is 63.5 Å². The number of nitrogens with two attached hydrogens (primary N) is 1. The Kier molecular flexibility index (Phi) is 8.32. The SMILES string of the molecule is Nc1nnc(SCC(=O)OCC(=O)N2N=C3C(=Cc4cccc(Cl)c4)CCCC3C2c2ccc(Cl)cc2)s1. The topological polar surface area (TPSA) is 111 Å². The number of hydrogen-bond donors (Lipinski definition) is 1. The van der Waals surface area contributed by atoms with Crippen LogP contribution in [0.5, 0.6) is 0 Å². The average molecular weight is 589 g/mol.